The molecule has 0 bridgehead atoms. The van der Waals surface area contributed by atoms with Crippen molar-refractivity contribution < 1.29 is 0 Å². The number of benzene rings is 11. The summed E-state index contributed by atoms with van der Waals surface area (Å²) >= 11 is 8.21. The minimum Gasteiger partial charge on any atom is -0.311 e. The zero-order valence-electron chi connectivity index (χ0n) is 62.5. The third-order valence-electron chi connectivity index (χ3n) is 20.9. The SMILES string of the molecule is CC(C)(C)c1ccc(-c2cc(-c3ccc(C(C)(C)C)cc3)cc(-c3cc(C(C)(C)C)ccc3N3c4cc(Br)ccc4B4c5ccc(Br)cc5N(c5ccc(C(C)(C)C)cc5-c5cc(-c6ccc(C(C)(C)C)cc6)cc(-c6ccc(C(C)(C)C)cc6)c5)c5cc(C(C)(C)C)cc3c54)c2)cc1. The van der Waals surface area contributed by atoms with Gasteiger partial charge in [-0.15, -0.1) is 0 Å². The average Bonchev–Trinajstić information content (AvgIpc) is 0.692. The van der Waals surface area contributed by atoms with Crippen LogP contribution in [0.25, 0.3) is 66.8 Å². The van der Waals surface area contributed by atoms with E-state index in [1.807, 2.05) is 0 Å². The van der Waals surface area contributed by atoms with Crippen LogP contribution in [0.4, 0.5) is 34.1 Å². The van der Waals surface area contributed by atoms with Gasteiger partial charge in [-0.05, 0) is 246 Å². The normalized spacial score (nSPS) is 13.5. The third kappa shape index (κ3) is 13.7. The first-order chi connectivity index (χ1) is 46.3. The molecule has 0 saturated carbocycles. The Kier molecular flexibility index (Phi) is 17.5. The summed E-state index contributed by atoms with van der Waals surface area (Å²) in [5.74, 6) is 0. The summed E-state index contributed by atoms with van der Waals surface area (Å²) in [6.45, 7) is 48.7. The Labute approximate surface area is 610 Å². The van der Waals surface area contributed by atoms with Gasteiger partial charge in [0.25, 0.3) is 6.71 Å². The molecule has 0 spiro atoms. The van der Waals surface area contributed by atoms with Crippen LogP contribution in [0.3, 0.4) is 0 Å². The van der Waals surface area contributed by atoms with E-state index < -0.39 is 0 Å². The van der Waals surface area contributed by atoms with Crippen molar-refractivity contribution in [2.24, 2.45) is 0 Å². The lowest BCUT2D eigenvalue weighted by molar-refractivity contribution is 0.590. The van der Waals surface area contributed by atoms with E-state index in [9.17, 15) is 0 Å². The molecule has 0 fully saturated rings. The first-order valence-electron chi connectivity index (χ1n) is 35.7. The minimum absolute atomic E-state index is 0.0233. The predicted molar refractivity (Wildman–Crippen MR) is 439 cm³/mol. The van der Waals surface area contributed by atoms with Crippen LogP contribution in [0.1, 0.15) is 184 Å². The van der Waals surface area contributed by atoms with Crippen LogP contribution in [0.5, 0.6) is 0 Å². The summed E-state index contributed by atoms with van der Waals surface area (Å²) in [4.78, 5) is 5.29. The molecule has 0 saturated heterocycles. The molecule has 502 valence electrons. The zero-order chi connectivity index (χ0) is 71.0. The number of hydrogen-bond donors (Lipinski definition) is 0. The highest BCUT2D eigenvalue weighted by molar-refractivity contribution is 9.10. The van der Waals surface area contributed by atoms with E-state index >= 15 is 0 Å². The highest BCUT2D eigenvalue weighted by Crippen LogP contribution is 2.53. The monoisotopic (exact) mass is 1420 g/mol. The fourth-order valence-corrected chi connectivity index (χ4v) is 15.3. The Hall–Kier alpha value is -7.96. The second-order valence-corrected chi connectivity index (χ2v) is 37.4. The molecule has 0 atom stereocenters. The van der Waals surface area contributed by atoms with Crippen LogP contribution in [-0.4, -0.2) is 6.71 Å². The predicted octanol–water partition coefficient (Wildman–Crippen LogP) is 26.4. The molecule has 2 aliphatic rings. The lowest BCUT2D eigenvalue weighted by Crippen LogP contribution is -2.61. The Morgan fingerprint density at radius 2 is 0.465 bits per heavy atom. The summed E-state index contributed by atoms with van der Waals surface area (Å²) in [7, 11) is 0. The Morgan fingerprint density at radius 1 is 0.212 bits per heavy atom. The van der Waals surface area contributed by atoms with Gasteiger partial charge < -0.3 is 9.80 Å². The van der Waals surface area contributed by atoms with E-state index in [4.69, 9.17) is 0 Å². The molecule has 0 unspecified atom stereocenters. The fraction of sp³-hybridized carbons (Fsp3) is 0.298. The maximum Gasteiger partial charge on any atom is 0.252 e. The molecule has 11 aromatic rings. The summed E-state index contributed by atoms with van der Waals surface area (Å²) in [5.41, 5.74) is 33.6. The summed E-state index contributed by atoms with van der Waals surface area (Å²) in [6.07, 6.45) is 0. The second kappa shape index (κ2) is 25.0. The van der Waals surface area contributed by atoms with Gasteiger partial charge in [0.1, 0.15) is 0 Å². The Bertz CT molecular complexity index is 4470. The summed E-state index contributed by atoms with van der Waals surface area (Å²) in [6, 6.07) is 85.8. The molecule has 0 aromatic heterocycles. The molecular formula is C94H99BBr2N2. The average molecular weight is 1430 g/mol. The van der Waals surface area contributed by atoms with Crippen molar-refractivity contribution in [3.63, 3.8) is 0 Å². The van der Waals surface area contributed by atoms with E-state index in [0.717, 1.165) is 31.7 Å². The van der Waals surface area contributed by atoms with Crippen LogP contribution in [0.2, 0.25) is 0 Å². The Balaban J connectivity index is 1.10. The first kappa shape index (κ1) is 69.5. The van der Waals surface area contributed by atoms with Gasteiger partial charge in [-0.3, -0.25) is 0 Å². The van der Waals surface area contributed by atoms with Gasteiger partial charge in [-0.1, -0.05) is 299 Å². The summed E-state index contributed by atoms with van der Waals surface area (Å²) in [5, 5.41) is 0. The number of halogens is 2. The number of rotatable bonds is 8. The fourth-order valence-electron chi connectivity index (χ4n) is 14.6. The van der Waals surface area contributed by atoms with Crippen LogP contribution < -0.4 is 26.2 Å². The number of nitrogens with zero attached hydrogens (tertiary/aromatic N) is 2. The molecule has 0 radical (unpaired) electrons. The van der Waals surface area contributed by atoms with Crippen LogP contribution >= 0.6 is 31.9 Å². The largest absolute Gasteiger partial charge is 0.311 e. The minimum atomic E-state index is -0.256. The quantitative estimate of drug-likeness (QED) is 0.140. The van der Waals surface area contributed by atoms with Gasteiger partial charge in [0, 0.05) is 42.8 Å². The highest BCUT2D eigenvalue weighted by Gasteiger charge is 2.45. The van der Waals surface area contributed by atoms with Crippen molar-refractivity contribution in [2.75, 3.05) is 9.80 Å². The van der Waals surface area contributed by atoms with Crippen molar-refractivity contribution in [1.82, 2.24) is 0 Å². The molecular weight excluding hydrogens is 1330 g/mol. The van der Waals surface area contributed by atoms with Crippen molar-refractivity contribution in [2.45, 2.75) is 183 Å². The Morgan fingerprint density at radius 3 is 0.727 bits per heavy atom. The van der Waals surface area contributed by atoms with E-state index in [2.05, 4.69) is 405 Å². The van der Waals surface area contributed by atoms with E-state index in [1.165, 1.54) is 133 Å². The molecule has 2 aliphatic heterocycles. The standard InChI is InChI=1S/C94H99BBr2N2/c1-88(2,3)68-30-22-58(23-31-68)62-46-63(59-24-32-69(33-25-59)89(4,5)6)49-66(48-62)77-52-72(92(13,14)15)38-44-81(77)98-83-56-75(96)40-42-79(83)95-80-43-41-76(97)57-84(80)99(86-55-74(94(19,20)21)54-85(98)87(86)95)82-45-39-73(93(16,17)18)53-78(82)67-50-64(60-26-34-70(35-27-60)90(7,8)9)47-65(51-67)61-28-36-71(37-29-61)91(10,11)12/h22-57H,1-21H3. The van der Waals surface area contributed by atoms with Gasteiger partial charge in [0.2, 0.25) is 0 Å². The van der Waals surface area contributed by atoms with Crippen LogP contribution in [0, 0.1) is 0 Å². The molecule has 0 amide bonds. The number of fused-ring (bicyclic) bond motifs is 4. The first-order valence-corrected chi connectivity index (χ1v) is 37.3. The van der Waals surface area contributed by atoms with Crippen LogP contribution in [0.15, 0.2) is 227 Å². The smallest absolute Gasteiger partial charge is 0.252 e. The molecule has 2 heterocycles. The lowest BCUT2D eigenvalue weighted by Gasteiger charge is -2.46. The van der Waals surface area contributed by atoms with Gasteiger partial charge in [0.05, 0.1) is 11.4 Å². The van der Waals surface area contributed by atoms with Crippen molar-refractivity contribution in [3.05, 3.63) is 266 Å². The van der Waals surface area contributed by atoms with Gasteiger partial charge in [-0.2, -0.15) is 0 Å². The molecule has 11 aromatic carbocycles. The number of anilines is 6. The summed E-state index contributed by atoms with van der Waals surface area (Å²) < 4.78 is 2.07. The van der Waals surface area contributed by atoms with Gasteiger partial charge >= 0.3 is 0 Å². The molecule has 0 N–H and O–H groups in total. The maximum atomic E-state index is 4.10. The molecule has 2 nitrogen and oxygen atoms in total. The topological polar surface area (TPSA) is 6.48 Å². The molecule has 5 heteroatoms. The highest BCUT2D eigenvalue weighted by atomic mass is 79.9. The van der Waals surface area contributed by atoms with Crippen molar-refractivity contribution in [1.29, 1.82) is 0 Å². The zero-order valence-corrected chi connectivity index (χ0v) is 65.7. The lowest BCUT2D eigenvalue weighted by atomic mass is 9.33. The van der Waals surface area contributed by atoms with E-state index in [-0.39, 0.29) is 44.6 Å². The maximum absolute atomic E-state index is 4.10. The molecule has 0 aliphatic carbocycles. The van der Waals surface area contributed by atoms with E-state index in [1.54, 1.807) is 0 Å². The van der Waals surface area contributed by atoms with Gasteiger partial charge in [-0.25, -0.2) is 0 Å². The third-order valence-corrected chi connectivity index (χ3v) is 21.9. The van der Waals surface area contributed by atoms with E-state index in [0.29, 0.717) is 0 Å². The van der Waals surface area contributed by atoms with Crippen LogP contribution in [-0.2, 0) is 37.9 Å². The van der Waals surface area contributed by atoms with Gasteiger partial charge in [0.15, 0.2) is 0 Å². The molecule has 99 heavy (non-hydrogen) atoms. The molecule has 13 rings (SSSR count). The van der Waals surface area contributed by atoms with Crippen molar-refractivity contribution in [3.8, 4) is 66.8 Å². The number of hydrogen-bond acceptors (Lipinski definition) is 2. The second-order valence-electron chi connectivity index (χ2n) is 35.6. The van der Waals surface area contributed by atoms with Crippen molar-refractivity contribution >= 4 is 89.1 Å².